The molecule has 0 aliphatic carbocycles. The number of aromatic hydroxyl groups is 1. The summed E-state index contributed by atoms with van der Waals surface area (Å²) >= 11 is 0. The minimum atomic E-state index is -0.0590. The van der Waals surface area contributed by atoms with Crippen LogP contribution in [0.1, 0.15) is 36.2 Å². The number of benzene rings is 2. The van der Waals surface area contributed by atoms with Crippen LogP contribution >= 0.6 is 0 Å². The van der Waals surface area contributed by atoms with Crippen LogP contribution in [0.2, 0.25) is 0 Å². The molecular weight excluding hydrogens is 348 g/mol. The molecule has 6 heteroatoms. The summed E-state index contributed by atoms with van der Waals surface area (Å²) in [5.41, 5.74) is 1.11. The lowest BCUT2D eigenvalue weighted by Crippen LogP contribution is -2.05. The maximum absolute atomic E-state index is 12.6. The molecule has 1 N–H and O–H groups in total. The molecule has 0 unspecified atom stereocenters. The van der Waals surface area contributed by atoms with Gasteiger partial charge >= 0.3 is 0 Å². The second-order valence-corrected chi connectivity index (χ2v) is 5.78. The van der Waals surface area contributed by atoms with Crippen LogP contribution < -0.4 is 18.9 Å². The Balaban J connectivity index is 2.17. The van der Waals surface area contributed by atoms with Crippen molar-refractivity contribution in [2.24, 2.45) is 0 Å². The summed E-state index contributed by atoms with van der Waals surface area (Å²) in [6.45, 7) is 4.77. The first kappa shape index (κ1) is 20.4. The van der Waals surface area contributed by atoms with Gasteiger partial charge < -0.3 is 24.1 Å². The fourth-order valence-electron chi connectivity index (χ4n) is 2.76. The molecule has 0 saturated carbocycles. The number of hydrogen-bond donors (Lipinski definition) is 1. The molecular formula is C21H26O6. The van der Waals surface area contributed by atoms with Crippen molar-refractivity contribution in [3.05, 3.63) is 41.5 Å². The predicted octanol–water partition coefficient (Wildman–Crippen LogP) is 4.02. The van der Waals surface area contributed by atoms with Crippen molar-refractivity contribution in [3.63, 3.8) is 0 Å². The highest BCUT2D eigenvalue weighted by atomic mass is 16.5. The Morgan fingerprint density at radius 3 is 2.26 bits per heavy atom. The summed E-state index contributed by atoms with van der Waals surface area (Å²) in [6, 6.07) is 8.35. The first-order valence-corrected chi connectivity index (χ1v) is 8.90. The number of hydrogen-bond acceptors (Lipinski definition) is 6. The smallest absolute Gasteiger partial charge is 0.163 e. The van der Waals surface area contributed by atoms with Crippen LogP contribution in [0.25, 0.3) is 0 Å². The number of phenolic OH excluding ortho intramolecular Hbond substituents is 1. The lowest BCUT2D eigenvalue weighted by atomic mass is 10.0. The van der Waals surface area contributed by atoms with E-state index in [2.05, 4.69) is 0 Å². The molecule has 0 radical (unpaired) electrons. The maximum Gasteiger partial charge on any atom is 0.163 e. The fourth-order valence-corrected chi connectivity index (χ4v) is 2.76. The van der Waals surface area contributed by atoms with E-state index in [-0.39, 0.29) is 18.0 Å². The van der Waals surface area contributed by atoms with Crippen LogP contribution in [0, 0.1) is 0 Å². The normalized spacial score (nSPS) is 10.4. The van der Waals surface area contributed by atoms with E-state index in [1.807, 2.05) is 13.8 Å². The number of phenols is 1. The molecule has 0 fully saturated rings. The maximum atomic E-state index is 12.6. The van der Waals surface area contributed by atoms with Gasteiger partial charge in [-0.2, -0.15) is 0 Å². The third-order valence-electron chi connectivity index (χ3n) is 4.08. The molecule has 0 aliphatic heterocycles. The van der Waals surface area contributed by atoms with E-state index in [9.17, 15) is 9.90 Å². The van der Waals surface area contributed by atoms with Crippen molar-refractivity contribution in [2.45, 2.75) is 26.7 Å². The van der Waals surface area contributed by atoms with Crippen LogP contribution in [0.15, 0.2) is 30.3 Å². The highest BCUT2D eigenvalue weighted by Crippen LogP contribution is 2.35. The molecule has 0 heterocycles. The quantitative estimate of drug-likeness (QED) is 0.633. The number of carbonyl (C=O) groups excluding carboxylic acids is 1. The Labute approximate surface area is 159 Å². The van der Waals surface area contributed by atoms with Crippen LogP contribution in [0.5, 0.6) is 28.7 Å². The van der Waals surface area contributed by atoms with Crippen molar-refractivity contribution >= 4 is 5.78 Å². The van der Waals surface area contributed by atoms with E-state index < -0.39 is 0 Å². The lowest BCUT2D eigenvalue weighted by molar-refractivity contribution is 0.0982. The third kappa shape index (κ3) is 5.06. The van der Waals surface area contributed by atoms with Crippen molar-refractivity contribution in [2.75, 3.05) is 27.4 Å². The minimum absolute atomic E-state index is 0.0423. The Bertz CT molecular complexity index is 784. The van der Waals surface area contributed by atoms with Crippen molar-refractivity contribution in [1.29, 1.82) is 0 Å². The molecule has 0 amide bonds. The number of carbonyl (C=O) groups is 1. The standard InChI is InChI=1S/C21H26O6/c1-5-26-19-10-7-14(11-21(19)27-6-2)17(22)9-8-16-18(23)12-15(24-3)13-20(16)25-4/h7,10-13,23H,5-6,8-9H2,1-4H3. The highest BCUT2D eigenvalue weighted by molar-refractivity contribution is 5.96. The Hall–Kier alpha value is -2.89. The van der Waals surface area contributed by atoms with Crippen LogP contribution in [0.4, 0.5) is 0 Å². The average molecular weight is 374 g/mol. The topological polar surface area (TPSA) is 74.2 Å². The van der Waals surface area contributed by atoms with E-state index in [4.69, 9.17) is 18.9 Å². The third-order valence-corrected chi connectivity index (χ3v) is 4.08. The van der Waals surface area contributed by atoms with E-state index >= 15 is 0 Å². The van der Waals surface area contributed by atoms with Gasteiger partial charge in [0.05, 0.1) is 27.4 Å². The van der Waals surface area contributed by atoms with Gasteiger partial charge in [-0.1, -0.05) is 0 Å². The van der Waals surface area contributed by atoms with Gasteiger partial charge in [-0.15, -0.1) is 0 Å². The van der Waals surface area contributed by atoms with E-state index in [1.54, 1.807) is 24.3 Å². The molecule has 0 aliphatic rings. The van der Waals surface area contributed by atoms with Gasteiger partial charge in [0.2, 0.25) is 0 Å². The van der Waals surface area contributed by atoms with Crippen molar-refractivity contribution < 1.29 is 28.8 Å². The van der Waals surface area contributed by atoms with Gasteiger partial charge in [0, 0.05) is 29.7 Å². The summed E-state index contributed by atoms with van der Waals surface area (Å²) in [5.74, 6) is 2.13. The van der Waals surface area contributed by atoms with Gasteiger partial charge in [0.25, 0.3) is 0 Å². The number of rotatable bonds is 10. The van der Waals surface area contributed by atoms with Gasteiger partial charge in [0.15, 0.2) is 17.3 Å². The van der Waals surface area contributed by atoms with Gasteiger partial charge in [0.1, 0.15) is 17.2 Å². The first-order valence-electron chi connectivity index (χ1n) is 8.90. The monoisotopic (exact) mass is 374 g/mol. The lowest BCUT2D eigenvalue weighted by Gasteiger charge is -2.13. The number of ketones is 1. The highest BCUT2D eigenvalue weighted by Gasteiger charge is 2.16. The Morgan fingerprint density at radius 1 is 0.926 bits per heavy atom. The zero-order valence-corrected chi connectivity index (χ0v) is 16.2. The summed E-state index contributed by atoms with van der Waals surface area (Å²) in [4.78, 5) is 12.6. The molecule has 0 spiro atoms. The van der Waals surface area contributed by atoms with E-state index in [1.165, 1.54) is 20.3 Å². The number of methoxy groups -OCH3 is 2. The molecule has 0 atom stereocenters. The van der Waals surface area contributed by atoms with Crippen molar-refractivity contribution in [1.82, 2.24) is 0 Å². The second kappa shape index (κ2) is 9.71. The van der Waals surface area contributed by atoms with Gasteiger partial charge in [-0.3, -0.25) is 4.79 Å². The summed E-state index contributed by atoms with van der Waals surface area (Å²) in [7, 11) is 3.03. The predicted molar refractivity (Wildman–Crippen MR) is 103 cm³/mol. The molecule has 6 nitrogen and oxygen atoms in total. The molecule has 2 aromatic rings. The zero-order valence-electron chi connectivity index (χ0n) is 16.2. The SMILES string of the molecule is CCOc1ccc(C(=O)CCc2c(O)cc(OC)cc2OC)cc1OCC. The number of Topliss-reactive ketones (excluding diaryl/α,β-unsaturated/α-hetero) is 1. The Morgan fingerprint density at radius 2 is 1.63 bits per heavy atom. The molecule has 27 heavy (non-hydrogen) atoms. The zero-order chi connectivity index (χ0) is 19.8. The van der Waals surface area contributed by atoms with Crippen LogP contribution in [0.3, 0.4) is 0 Å². The second-order valence-electron chi connectivity index (χ2n) is 5.78. The molecule has 2 aromatic carbocycles. The fraction of sp³-hybridized carbons (Fsp3) is 0.381. The molecule has 0 bridgehead atoms. The molecule has 0 aromatic heterocycles. The Kier molecular flexibility index (Phi) is 7.34. The van der Waals surface area contributed by atoms with Crippen LogP contribution in [-0.4, -0.2) is 38.3 Å². The molecule has 146 valence electrons. The summed E-state index contributed by atoms with van der Waals surface area (Å²) in [5, 5.41) is 10.2. The summed E-state index contributed by atoms with van der Waals surface area (Å²) in [6.07, 6.45) is 0.560. The largest absolute Gasteiger partial charge is 0.507 e. The number of ether oxygens (including phenoxy) is 4. The van der Waals surface area contributed by atoms with E-state index in [0.717, 1.165) is 0 Å². The first-order chi connectivity index (χ1) is 13.0. The summed E-state index contributed by atoms with van der Waals surface area (Å²) < 4.78 is 21.5. The van der Waals surface area contributed by atoms with Gasteiger partial charge in [-0.25, -0.2) is 0 Å². The molecule has 2 rings (SSSR count). The molecule has 0 saturated heterocycles. The van der Waals surface area contributed by atoms with Crippen molar-refractivity contribution in [3.8, 4) is 28.7 Å². The minimum Gasteiger partial charge on any atom is -0.507 e. The van der Waals surface area contributed by atoms with Crippen LogP contribution in [-0.2, 0) is 6.42 Å². The average Bonchev–Trinajstić information content (AvgIpc) is 2.67. The van der Waals surface area contributed by atoms with Gasteiger partial charge in [-0.05, 0) is 38.5 Å². The van der Waals surface area contributed by atoms with E-state index in [0.29, 0.717) is 53.8 Å².